The predicted molar refractivity (Wildman–Crippen MR) is 103 cm³/mol. The Balaban J connectivity index is 1.95. The minimum atomic E-state index is -1.39. The van der Waals surface area contributed by atoms with Crippen molar-refractivity contribution in [2.75, 3.05) is 13.9 Å². The fourth-order valence-electron chi connectivity index (χ4n) is 2.27. The summed E-state index contributed by atoms with van der Waals surface area (Å²) in [7, 11) is 1.18. The van der Waals surface area contributed by atoms with Gasteiger partial charge in [0.1, 0.15) is 5.60 Å². The molecular formula is C21H24O8. The van der Waals surface area contributed by atoms with E-state index < -0.39 is 36.0 Å². The molecule has 2 rings (SSSR count). The van der Waals surface area contributed by atoms with Gasteiger partial charge < -0.3 is 23.7 Å². The summed E-state index contributed by atoms with van der Waals surface area (Å²) < 4.78 is 25.3. The maximum Gasteiger partial charge on any atom is 0.348 e. The number of carbonyl (C=O) groups excluding carboxylic acids is 3. The fraction of sp³-hybridized carbons (Fsp3) is 0.381. The van der Waals surface area contributed by atoms with Crippen LogP contribution in [-0.2, 0) is 28.6 Å². The van der Waals surface area contributed by atoms with Crippen LogP contribution in [-0.4, -0.2) is 43.5 Å². The highest BCUT2D eigenvalue weighted by molar-refractivity contribution is 5.88. The molecule has 1 aliphatic rings. The molecule has 1 atom stereocenters. The quantitative estimate of drug-likeness (QED) is 0.296. The van der Waals surface area contributed by atoms with Crippen LogP contribution >= 0.6 is 0 Å². The Bertz CT molecular complexity index is 816. The lowest BCUT2D eigenvalue weighted by Gasteiger charge is -2.23. The first-order valence-corrected chi connectivity index (χ1v) is 8.92. The molecular weight excluding hydrogens is 380 g/mol. The SMILES string of the molecule is COC(=O)CC(OC(=O)C=CC=Cc1ccc2c(c1)OCO2)C(=O)OC(C)(C)C. The van der Waals surface area contributed by atoms with E-state index in [1.807, 2.05) is 6.07 Å². The molecule has 0 saturated carbocycles. The monoisotopic (exact) mass is 404 g/mol. The number of allylic oxidation sites excluding steroid dienone is 2. The van der Waals surface area contributed by atoms with Gasteiger partial charge >= 0.3 is 17.9 Å². The van der Waals surface area contributed by atoms with Gasteiger partial charge in [0.15, 0.2) is 11.5 Å². The molecule has 1 unspecified atom stereocenters. The van der Waals surface area contributed by atoms with Gasteiger partial charge in [-0.15, -0.1) is 0 Å². The van der Waals surface area contributed by atoms with Crippen molar-refractivity contribution in [2.24, 2.45) is 0 Å². The van der Waals surface area contributed by atoms with Crippen LogP contribution in [0.25, 0.3) is 6.08 Å². The minimum absolute atomic E-state index is 0.193. The Hall–Kier alpha value is -3.29. The highest BCUT2D eigenvalue weighted by Crippen LogP contribution is 2.32. The average molecular weight is 404 g/mol. The normalized spacial score (nSPS) is 14.1. The van der Waals surface area contributed by atoms with E-state index in [1.54, 1.807) is 45.1 Å². The molecule has 0 aromatic heterocycles. The number of hydrogen-bond donors (Lipinski definition) is 0. The lowest BCUT2D eigenvalue weighted by atomic mass is 10.2. The molecule has 1 aromatic rings. The summed E-state index contributed by atoms with van der Waals surface area (Å²) in [6.07, 6.45) is 4.15. The molecule has 0 fully saturated rings. The van der Waals surface area contributed by atoms with Gasteiger partial charge in [0.05, 0.1) is 13.5 Å². The average Bonchev–Trinajstić information content (AvgIpc) is 3.11. The van der Waals surface area contributed by atoms with Crippen LogP contribution in [0.15, 0.2) is 36.4 Å². The van der Waals surface area contributed by atoms with E-state index in [1.165, 1.54) is 13.2 Å². The second-order valence-corrected chi connectivity index (χ2v) is 7.07. The number of benzene rings is 1. The second kappa shape index (κ2) is 9.77. The predicted octanol–water partition coefficient (Wildman–Crippen LogP) is 2.80. The molecule has 0 saturated heterocycles. The lowest BCUT2D eigenvalue weighted by molar-refractivity contribution is -0.176. The van der Waals surface area contributed by atoms with E-state index in [9.17, 15) is 14.4 Å². The van der Waals surface area contributed by atoms with E-state index in [2.05, 4.69) is 4.74 Å². The van der Waals surface area contributed by atoms with Crippen molar-refractivity contribution in [2.45, 2.75) is 38.9 Å². The number of hydrogen-bond acceptors (Lipinski definition) is 8. The van der Waals surface area contributed by atoms with Gasteiger partial charge in [-0.3, -0.25) is 4.79 Å². The summed E-state index contributed by atoms with van der Waals surface area (Å²) in [5.41, 5.74) is 0.0608. The van der Waals surface area contributed by atoms with Gasteiger partial charge in [-0.2, -0.15) is 0 Å². The summed E-state index contributed by atoms with van der Waals surface area (Å²) in [6.45, 7) is 5.20. The molecule has 0 N–H and O–H groups in total. The third-order valence-corrected chi connectivity index (χ3v) is 3.54. The van der Waals surface area contributed by atoms with Crippen molar-refractivity contribution in [1.29, 1.82) is 0 Å². The number of carbonyl (C=O) groups is 3. The first-order chi connectivity index (χ1) is 13.7. The molecule has 1 heterocycles. The molecule has 156 valence electrons. The van der Waals surface area contributed by atoms with Crippen molar-refractivity contribution in [3.63, 3.8) is 0 Å². The maximum atomic E-state index is 12.2. The highest BCUT2D eigenvalue weighted by atomic mass is 16.7. The maximum absolute atomic E-state index is 12.2. The van der Waals surface area contributed by atoms with E-state index in [-0.39, 0.29) is 6.79 Å². The summed E-state index contributed by atoms with van der Waals surface area (Å²) in [5, 5.41) is 0. The first-order valence-electron chi connectivity index (χ1n) is 8.92. The Morgan fingerprint density at radius 1 is 1.14 bits per heavy atom. The van der Waals surface area contributed by atoms with Gasteiger partial charge in [-0.25, -0.2) is 9.59 Å². The standard InChI is InChI=1S/C21H24O8/c1-21(2,3)29-20(24)17(12-19(23)25-4)28-18(22)8-6-5-7-14-9-10-15-16(11-14)27-13-26-15/h5-11,17H,12-13H2,1-4H3. The van der Waals surface area contributed by atoms with Crippen LogP contribution in [0.2, 0.25) is 0 Å². The highest BCUT2D eigenvalue weighted by Gasteiger charge is 2.30. The van der Waals surface area contributed by atoms with Crippen LogP contribution in [0.3, 0.4) is 0 Å². The summed E-state index contributed by atoms with van der Waals surface area (Å²) in [6, 6.07) is 5.43. The zero-order valence-electron chi connectivity index (χ0n) is 16.8. The van der Waals surface area contributed by atoms with Crippen LogP contribution in [0.5, 0.6) is 11.5 Å². The van der Waals surface area contributed by atoms with Crippen LogP contribution in [0.1, 0.15) is 32.8 Å². The van der Waals surface area contributed by atoms with Crippen LogP contribution in [0, 0.1) is 0 Å². The summed E-state index contributed by atoms with van der Waals surface area (Å²) >= 11 is 0. The molecule has 29 heavy (non-hydrogen) atoms. The number of rotatable bonds is 7. The smallest absolute Gasteiger partial charge is 0.348 e. The summed E-state index contributed by atoms with van der Waals surface area (Å²) in [4.78, 5) is 35.7. The fourth-order valence-corrected chi connectivity index (χ4v) is 2.27. The number of methoxy groups -OCH3 is 1. The Kier molecular flexibility index (Phi) is 7.41. The zero-order chi connectivity index (χ0) is 21.4. The minimum Gasteiger partial charge on any atom is -0.469 e. The topological polar surface area (TPSA) is 97.4 Å². The van der Waals surface area contributed by atoms with Gasteiger partial charge in [0.2, 0.25) is 12.9 Å². The number of fused-ring (bicyclic) bond motifs is 1. The van der Waals surface area contributed by atoms with Gasteiger partial charge in [-0.1, -0.05) is 24.3 Å². The largest absolute Gasteiger partial charge is 0.469 e. The Labute approximate surface area is 169 Å². The summed E-state index contributed by atoms with van der Waals surface area (Å²) in [5.74, 6) is -0.973. The van der Waals surface area contributed by atoms with Crippen molar-refractivity contribution in [3.8, 4) is 11.5 Å². The molecule has 0 bridgehead atoms. The molecule has 1 aliphatic heterocycles. The number of esters is 3. The molecule has 0 amide bonds. The molecule has 0 aliphatic carbocycles. The van der Waals surface area contributed by atoms with Gasteiger partial charge in [-0.05, 0) is 38.5 Å². The number of ether oxygens (including phenoxy) is 5. The zero-order valence-corrected chi connectivity index (χ0v) is 16.8. The Morgan fingerprint density at radius 3 is 2.55 bits per heavy atom. The third-order valence-electron chi connectivity index (χ3n) is 3.54. The Morgan fingerprint density at radius 2 is 1.86 bits per heavy atom. The van der Waals surface area contributed by atoms with E-state index in [0.717, 1.165) is 11.6 Å². The lowest BCUT2D eigenvalue weighted by Crippen LogP contribution is -2.36. The van der Waals surface area contributed by atoms with Crippen molar-refractivity contribution in [3.05, 3.63) is 42.0 Å². The van der Waals surface area contributed by atoms with Crippen molar-refractivity contribution < 1.29 is 38.1 Å². The van der Waals surface area contributed by atoms with Gasteiger partial charge in [0, 0.05) is 6.08 Å². The molecule has 1 aromatic carbocycles. The first kappa shape index (κ1) is 22.0. The third kappa shape index (κ3) is 7.33. The van der Waals surface area contributed by atoms with E-state index in [4.69, 9.17) is 18.9 Å². The van der Waals surface area contributed by atoms with E-state index in [0.29, 0.717) is 11.5 Å². The second-order valence-electron chi connectivity index (χ2n) is 7.07. The molecule has 0 radical (unpaired) electrons. The molecule has 8 nitrogen and oxygen atoms in total. The van der Waals surface area contributed by atoms with E-state index >= 15 is 0 Å². The molecule has 8 heteroatoms. The van der Waals surface area contributed by atoms with Gasteiger partial charge in [0.25, 0.3) is 0 Å². The molecule has 0 spiro atoms. The van der Waals surface area contributed by atoms with Crippen LogP contribution in [0.4, 0.5) is 0 Å². The van der Waals surface area contributed by atoms with Crippen molar-refractivity contribution in [1.82, 2.24) is 0 Å². The van der Waals surface area contributed by atoms with Crippen molar-refractivity contribution >= 4 is 24.0 Å². The van der Waals surface area contributed by atoms with Crippen LogP contribution < -0.4 is 9.47 Å².